The first-order chi connectivity index (χ1) is 8.15. The second-order valence-electron chi connectivity index (χ2n) is 3.61. The Morgan fingerprint density at radius 2 is 2.00 bits per heavy atom. The zero-order chi connectivity index (χ0) is 12.7. The van der Waals surface area contributed by atoms with Crippen LogP contribution >= 0.6 is 0 Å². The fraction of sp³-hybridized carbons (Fsp3) is 0.455. The van der Waals surface area contributed by atoms with E-state index in [0.717, 1.165) is 12.8 Å². The molecule has 92 valence electrons. The lowest BCUT2D eigenvalue weighted by molar-refractivity contribution is -0.142. The molecule has 1 aromatic rings. The highest BCUT2D eigenvalue weighted by Crippen LogP contribution is 1.97. The van der Waals surface area contributed by atoms with Gasteiger partial charge >= 0.3 is 11.8 Å². The molecule has 0 aliphatic rings. The SMILES string of the molecule is CCCCN(C)C(=O)C(=O)Nc1ncccn1. The normalized spacial score (nSPS) is 9.76. The quantitative estimate of drug-likeness (QED) is 0.780. The smallest absolute Gasteiger partial charge is 0.316 e. The van der Waals surface area contributed by atoms with Crippen LogP contribution in [-0.2, 0) is 9.59 Å². The van der Waals surface area contributed by atoms with E-state index in [1.165, 1.54) is 17.3 Å². The minimum Gasteiger partial charge on any atom is -0.338 e. The summed E-state index contributed by atoms with van der Waals surface area (Å²) in [5, 5.41) is 2.35. The summed E-state index contributed by atoms with van der Waals surface area (Å²) >= 11 is 0. The fourth-order valence-electron chi connectivity index (χ4n) is 1.19. The van der Waals surface area contributed by atoms with Gasteiger partial charge in [-0.1, -0.05) is 13.3 Å². The number of hydrogen-bond donors (Lipinski definition) is 1. The number of amides is 2. The van der Waals surface area contributed by atoms with Crippen LogP contribution in [0.3, 0.4) is 0 Å². The molecule has 6 heteroatoms. The molecule has 2 amide bonds. The molecule has 0 saturated heterocycles. The molecule has 0 bridgehead atoms. The molecule has 0 unspecified atom stereocenters. The van der Waals surface area contributed by atoms with Crippen molar-refractivity contribution in [2.45, 2.75) is 19.8 Å². The van der Waals surface area contributed by atoms with Crippen molar-refractivity contribution < 1.29 is 9.59 Å². The number of nitrogens with zero attached hydrogens (tertiary/aromatic N) is 3. The third-order valence-corrected chi connectivity index (χ3v) is 2.18. The molecule has 0 spiro atoms. The van der Waals surface area contributed by atoms with Crippen LogP contribution in [0.25, 0.3) is 0 Å². The van der Waals surface area contributed by atoms with Crippen LogP contribution in [-0.4, -0.2) is 40.3 Å². The first-order valence-electron chi connectivity index (χ1n) is 5.48. The van der Waals surface area contributed by atoms with Gasteiger partial charge in [-0.15, -0.1) is 0 Å². The van der Waals surface area contributed by atoms with Crippen molar-refractivity contribution in [1.29, 1.82) is 0 Å². The molecule has 0 aromatic carbocycles. The maximum Gasteiger partial charge on any atom is 0.316 e. The van der Waals surface area contributed by atoms with Crippen LogP contribution < -0.4 is 5.32 Å². The van der Waals surface area contributed by atoms with Crippen LogP contribution in [0.5, 0.6) is 0 Å². The molecule has 0 aliphatic carbocycles. The van der Waals surface area contributed by atoms with E-state index < -0.39 is 11.8 Å². The summed E-state index contributed by atoms with van der Waals surface area (Å²) in [6.45, 7) is 2.59. The predicted molar refractivity (Wildman–Crippen MR) is 63.2 cm³/mol. The zero-order valence-corrected chi connectivity index (χ0v) is 10.0. The number of nitrogens with one attached hydrogen (secondary N) is 1. The number of carbonyl (C=O) groups excluding carboxylic acids is 2. The number of unbranched alkanes of at least 4 members (excludes halogenated alkanes) is 1. The van der Waals surface area contributed by atoms with Crippen molar-refractivity contribution in [3.8, 4) is 0 Å². The van der Waals surface area contributed by atoms with Crippen molar-refractivity contribution in [1.82, 2.24) is 14.9 Å². The maximum absolute atomic E-state index is 11.6. The minimum absolute atomic E-state index is 0.134. The Morgan fingerprint density at radius 1 is 1.35 bits per heavy atom. The molecule has 6 nitrogen and oxygen atoms in total. The molecular weight excluding hydrogens is 220 g/mol. The minimum atomic E-state index is -0.713. The van der Waals surface area contributed by atoms with Crippen molar-refractivity contribution in [2.75, 3.05) is 18.9 Å². The van der Waals surface area contributed by atoms with Gasteiger partial charge in [-0.3, -0.25) is 14.9 Å². The Hall–Kier alpha value is -1.98. The number of hydrogen-bond acceptors (Lipinski definition) is 4. The molecule has 0 saturated carbocycles. The molecule has 1 N–H and O–H groups in total. The largest absolute Gasteiger partial charge is 0.338 e. The highest BCUT2D eigenvalue weighted by atomic mass is 16.2. The summed E-state index contributed by atoms with van der Waals surface area (Å²) in [5.74, 6) is -1.16. The highest BCUT2D eigenvalue weighted by Gasteiger charge is 2.18. The molecule has 0 aliphatic heterocycles. The Kier molecular flexibility index (Phi) is 5.06. The monoisotopic (exact) mass is 236 g/mol. The van der Waals surface area contributed by atoms with Crippen LogP contribution in [0, 0.1) is 0 Å². The lowest BCUT2D eigenvalue weighted by Crippen LogP contribution is -2.37. The fourth-order valence-corrected chi connectivity index (χ4v) is 1.19. The van der Waals surface area contributed by atoms with Crippen molar-refractivity contribution in [2.24, 2.45) is 0 Å². The molecule has 0 fully saturated rings. The summed E-state index contributed by atoms with van der Waals surface area (Å²) < 4.78 is 0. The van der Waals surface area contributed by atoms with E-state index in [-0.39, 0.29) is 5.95 Å². The lowest BCUT2D eigenvalue weighted by atomic mass is 10.3. The van der Waals surface area contributed by atoms with E-state index in [9.17, 15) is 9.59 Å². The number of rotatable bonds is 4. The van der Waals surface area contributed by atoms with Gasteiger partial charge in [-0.25, -0.2) is 9.97 Å². The van der Waals surface area contributed by atoms with Crippen LogP contribution in [0.1, 0.15) is 19.8 Å². The Balaban J connectivity index is 2.50. The zero-order valence-electron chi connectivity index (χ0n) is 10.0. The van der Waals surface area contributed by atoms with Gasteiger partial charge in [0, 0.05) is 26.0 Å². The van der Waals surface area contributed by atoms with Gasteiger partial charge in [-0.2, -0.15) is 0 Å². The predicted octanol–water partition coefficient (Wildman–Crippen LogP) is 0.674. The van der Waals surface area contributed by atoms with Gasteiger partial charge in [0.2, 0.25) is 5.95 Å². The summed E-state index contributed by atoms with van der Waals surface area (Å²) in [4.78, 5) is 32.2. The first-order valence-corrected chi connectivity index (χ1v) is 5.48. The number of anilines is 1. The van der Waals surface area contributed by atoms with Gasteiger partial charge in [0.1, 0.15) is 0 Å². The lowest BCUT2D eigenvalue weighted by Gasteiger charge is -2.15. The average Bonchev–Trinajstić information content (AvgIpc) is 2.36. The Morgan fingerprint density at radius 3 is 2.59 bits per heavy atom. The summed E-state index contributed by atoms with van der Waals surface area (Å²) in [5.41, 5.74) is 0. The molecule has 17 heavy (non-hydrogen) atoms. The topological polar surface area (TPSA) is 75.2 Å². The number of likely N-dealkylation sites (N-methyl/N-ethyl adjacent to an activating group) is 1. The Bertz CT molecular complexity index is 380. The van der Waals surface area contributed by atoms with Gasteiger partial charge in [0.15, 0.2) is 0 Å². The van der Waals surface area contributed by atoms with E-state index in [2.05, 4.69) is 15.3 Å². The van der Waals surface area contributed by atoms with Crippen LogP contribution in [0.2, 0.25) is 0 Å². The van der Waals surface area contributed by atoms with Crippen molar-refractivity contribution in [3.05, 3.63) is 18.5 Å². The number of aromatic nitrogens is 2. The van der Waals surface area contributed by atoms with Gasteiger partial charge in [0.05, 0.1) is 0 Å². The first kappa shape index (κ1) is 13.1. The molecular formula is C11H16N4O2. The van der Waals surface area contributed by atoms with E-state index in [0.29, 0.717) is 6.54 Å². The van der Waals surface area contributed by atoms with Gasteiger partial charge < -0.3 is 4.90 Å². The van der Waals surface area contributed by atoms with Crippen LogP contribution in [0.15, 0.2) is 18.5 Å². The summed E-state index contributed by atoms with van der Waals surface area (Å²) in [6.07, 6.45) is 4.83. The third kappa shape index (κ3) is 4.18. The second kappa shape index (κ2) is 6.57. The van der Waals surface area contributed by atoms with E-state index in [1.807, 2.05) is 6.92 Å². The number of carbonyl (C=O) groups is 2. The average molecular weight is 236 g/mol. The molecule has 1 aromatic heterocycles. The van der Waals surface area contributed by atoms with E-state index in [4.69, 9.17) is 0 Å². The highest BCUT2D eigenvalue weighted by molar-refractivity contribution is 6.39. The molecule has 0 atom stereocenters. The molecule has 0 radical (unpaired) electrons. The molecule has 1 heterocycles. The van der Waals surface area contributed by atoms with Crippen molar-refractivity contribution in [3.63, 3.8) is 0 Å². The third-order valence-electron chi connectivity index (χ3n) is 2.18. The molecule has 1 rings (SSSR count). The second-order valence-corrected chi connectivity index (χ2v) is 3.61. The van der Waals surface area contributed by atoms with Crippen LogP contribution in [0.4, 0.5) is 5.95 Å². The van der Waals surface area contributed by atoms with E-state index in [1.54, 1.807) is 13.1 Å². The summed E-state index contributed by atoms with van der Waals surface area (Å²) in [6, 6.07) is 1.63. The van der Waals surface area contributed by atoms with Crippen molar-refractivity contribution >= 4 is 17.8 Å². The standard InChI is InChI=1S/C11H16N4O2/c1-3-4-8-15(2)10(17)9(16)14-11-12-6-5-7-13-11/h5-7H,3-4,8H2,1-2H3,(H,12,13,14,16). The summed E-state index contributed by atoms with van der Waals surface area (Å²) in [7, 11) is 1.60. The maximum atomic E-state index is 11.6. The van der Waals surface area contributed by atoms with Gasteiger partial charge in [0.25, 0.3) is 0 Å². The van der Waals surface area contributed by atoms with E-state index >= 15 is 0 Å². The van der Waals surface area contributed by atoms with Gasteiger partial charge in [-0.05, 0) is 12.5 Å². The Labute approximate surface area is 100 Å².